The number of hydrogen-bond acceptors (Lipinski definition) is 4. The van der Waals surface area contributed by atoms with Gasteiger partial charge in [-0.1, -0.05) is 18.6 Å². The Kier molecular flexibility index (Phi) is 7.30. The van der Waals surface area contributed by atoms with Crippen LogP contribution >= 0.6 is 12.2 Å². The third-order valence-electron chi connectivity index (χ3n) is 5.61. The quantitative estimate of drug-likeness (QED) is 0.478. The lowest BCUT2D eigenvalue weighted by molar-refractivity contribution is 0.0944. The minimum absolute atomic E-state index is 0.0172. The number of nitrogens with one attached hydrogen (secondary N) is 3. The second-order valence-corrected chi connectivity index (χ2v) is 10.1. The van der Waals surface area contributed by atoms with E-state index in [-0.39, 0.29) is 16.0 Å². The van der Waals surface area contributed by atoms with Crippen molar-refractivity contribution in [1.82, 2.24) is 15.2 Å². The molecule has 1 aliphatic rings. The Bertz CT molecular complexity index is 1070. The van der Waals surface area contributed by atoms with Crippen LogP contribution in [0.1, 0.15) is 47.7 Å². The third kappa shape index (κ3) is 5.41. The molecule has 1 unspecified atom stereocenters. The van der Waals surface area contributed by atoms with E-state index < -0.39 is 15.9 Å². The van der Waals surface area contributed by atoms with Crippen molar-refractivity contribution < 1.29 is 13.2 Å². The Morgan fingerprint density at radius 3 is 2.45 bits per heavy atom. The monoisotopic (exact) mass is 460 g/mol. The fourth-order valence-electron chi connectivity index (χ4n) is 3.57. The van der Waals surface area contributed by atoms with Gasteiger partial charge in [-0.15, -0.1) is 0 Å². The number of carbonyl (C=O) groups excluding carboxylic acids is 1. The molecule has 1 saturated heterocycles. The van der Waals surface area contributed by atoms with Gasteiger partial charge in [-0.3, -0.25) is 15.6 Å². The minimum atomic E-state index is -3.57. The number of thiocarbonyl (C=S) groups is 1. The van der Waals surface area contributed by atoms with Gasteiger partial charge in [-0.2, -0.15) is 4.31 Å². The van der Waals surface area contributed by atoms with Crippen LogP contribution in [0, 0.1) is 13.8 Å². The summed E-state index contributed by atoms with van der Waals surface area (Å²) >= 11 is 5.24. The fraction of sp³-hybridized carbons (Fsp3) is 0.364. The maximum absolute atomic E-state index is 12.9. The van der Waals surface area contributed by atoms with Crippen molar-refractivity contribution in [2.24, 2.45) is 0 Å². The Morgan fingerprint density at radius 1 is 1.06 bits per heavy atom. The van der Waals surface area contributed by atoms with Gasteiger partial charge in [0.2, 0.25) is 10.0 Å². The average molecular weight is 461 g/mol. The lowest BCUT2D eigenvalue weighted by Crippen LogP contribution is -2.44. The van der Waals surface area contributed by atoms with Crippen molar-refractivity contribution in [3.63, 3.8) is 0 Å². The fourth-order valence-corrected chi connectivity index (χ4v) is 5.43. The summed E-state index contributed by atoms with van der Waals surface area (Å²) in [5, 5.41) is 3.30. The van der Waals surface area contributed by atoms with E-state index in [0.29, 0.717) is 12.1 Å². The molecule has 2 aromatic rings. The van der Waals surface area contributed by atoms with Crippen LogP contribution in [0.3, 0.4) is 0 Å². The molecule has 1 fully saturated rings. The molecular weight excluding hydrogens is 432 g/mol. The van der Waals surface area contributed by atoms with E-state index in [2.05, 4.69) is 16.2 Å². The molecule has 0 aliphatic carbocycles. The predicted molar refractivity (Wildman–Crippen MR) is 126 cm³/mol. The minimum Gasteiger partial charge on any atom is -0.331 e. The number of aryl methyl sites for hydroxylation is 1. The highest BCUT2D eigenvalue weighted by molar-refractivity contribution is 7.89. The first kappa shape index (κ1) is 23.2. The zero-order chi connectivity index (χ0) is 22.6. The van der Waals surface area contributed by atoms with Gasteiger partial charge in [-0.05, 0) is 87.3 Å². The van der Waals surface area contributed by atoms with Gasteiger partial charge in [0.05, 0.1) is 4.90 Å². The average Bonchev–Trinajstić information content (AvgIpc) is 2.75. The molecule has 1 amide bonds. The molecule has 0 spiro atoms. The number of hydrazine groups is 1. The maximum atomic E-state index is 12.9. The smallest absolute Gasteiger partial charge is 0.269 e. The van der Waals surface area contributed by atoms with Crippen LogP contribution in [-0.4, -0.2) is 36.3 Å². The number of benzene rings is 2. The van der Waals surface area contributed by atoms with Gasteiger partial charge in [0.25, 0.3) is 5.91 Å². The lowest BCUT2D eigenvalue weighted by Gasteiger charge is -2.32. The lowest BCUT2D eigenvalue weighted by atomic mass is 10.1. The van der Waals surface area contributed by atoms with E-state index in [9.17, 15) is 13.2 Å². The maximum Gasteiger partial charge on any atom is 0.269 e. The van der Waals surface area contributed by atoms with E-state index in [4.69, 9.17) is 12.2 Å². The van der Waals surface area contributed by atoms with E-state index in [1.807, 2.05) is 39.0 Å². The Hall–Kier alpha value is -2.49. The number of rotatable bonds is 4. The molecule has 0 radical (unpaired) electrons. The topological polar surface area (TPSA) is 90.5 Å². The van der Waals surface area contributed by atoms with Crippen LogP contribution in [0.25, 0.3) is 0 Å². The normalized spacial score (nSPS) is 17.1. The molecule has 1 atom stereocenters. The number of sulfonamides is 1. The zero-order valence-electron chi connectivity index (χ0n) is 17.9. The van der Waals surface area contributed by atoms with Crippen LogP contribution in [0.15, 0.2) is 47.4 Å². The molecule has 0 bridgehead atoms. The molecule has 1 aliphatic heterocycles. The van der Waals surface area contributed by atoms with Gasteiger partial charge >= 0.3 is 0 Å². The summed E-state index contributed by atoms with van der Waals surface area (Å²) in [5.41, 5.74) is 8.58. The largest absolute Gasteiger partial charge is 0.331 e. The molecule has 3 N–H and O–H groups in total. The molecule has 3 rings (SSSR count). The highest BCUT2D eigenvalue weighted by Gasteiger charge is 2.30. The Morgan fingerprint density at radius 2 is 1.77 bits per heavy atom. The van der Waals surface area contributed by atoms with Crippen LogP contribution in [0.5, 0.6) is 0 Å². The van der Waals surface area contributed by atoms with Crippen molar-refractivity contribution in [2.45, 2.75) is 51.0 Å². The number of amides is 1. The third-order valence-corrected chi connectivity index (χ3v) is 7.84. The number of piperidine rings is 1. The molecule has 0 saturated carbocycles. The summed E-state index contributed by atoms with van der Waals surface area (Å²) < 4.78 is 27.4. The van der Waals surface area contributed by atoms with E-state index in [1.165, 1.54) is 24.3 Å². The highest BCUT2D eigenvalue weighted by atomic mass is 32.2. The van der Waals surface area contributed by atoms with E-state index in [1.54, 1.807) is 4.31 Å². The molecule has 1 heterocycles. The first-order valence-corrected chi connectivity index (χ1v) is 12.1. The van der Waals surface area contributed by atoms with Gasteiger partial charge in [0, 0.05) is 23.8 Å². The molecular formula is C22H28N4O3S2. The number of carbonyl (C=O) groups is 1. The van der Waals surface area contributed by atoms with Crippen LogP contribution in [0.4, 0.5) is 5.69 Å². The van der Waals surface area contributed by atoms with Gasteiger partial charge < -0.3 is 5.32 Å². The van der Waals surface area contributed by atoms with E-state index >= 15 is 0 Å². The second-order valence-electron chi connectivity index (χ2n) is 7.77. The molecule has 166 valence electrons. The summed E-state index contributed by atoms with van der Waals surface area (Å²) in [5.74, 6) is -0.416. The SMILES string of the molecule is Cc1cccc(NC(=S)NNC(=O)c2ccc(S(=O)(=O)N3CCCCC3C)cc2)c1C. The Balaban J connectivity index is 1.60. The summed E-state index contributed by atoms with van der Waals surface area (Å²) in [4.78, 5) is 12.6. The van der Waals surface area contributed by atoms with Crippen LogP contribution in [-0.2, 0) is 10.0 Å². The van der Waals surface area contributed by atoms with Crippen molar-refractivity contribution in [3.05, 3.63) is 59.2 Å². The van der Waals surface area contributed by atoms with Crippen molar-refractivity contribution in [2.75, 3.05) is 11.9 Å². The highest BCUT2D eigenvalue weighted by Crippen LogP contribution is 2.25. The van der Waals surface area contributed by atoms with Crippen molar-refractivity contribution in [3.8, 4) is 0 Å². The Labute approximate surface area is 189 Å². The summed E-state index contributed by atoms with van der Waals surface area (Å²) in [6.45, 7) is 6.45. The van der Waals surface area contributed by atoms with Crippen molar-refractivity contribution >= 4 is 38.9 Å². The number of nitrogens with zero attached hydrogens (tertiary/aromatic N) is 1. The van der Waals surface area contributed by atoms with Gasteiger partial charge in [-0.25, -0.2) is 8.42 Å². The summed E-state index contributed by atoms with van der Waals surface area (Å²) in [6, 6.07) is 11.8. The van der Waals surface area contributed by atoms with Crippen LogP contribution in [0.2, 0.25) is 0 Å². The first-order valence-electron chi connectivity index (χ1n) is 10.3. The van der Waals surface area contributed by atoms with Gasteiger partial charge in [0.15, 0.2) is 5.11 Å². The molecule has 31 heavy (non-hydrogen) atoms. The molecule has 2 aromatic carbocycles. The molecule has 7 nitrogen and oxygen atoms in total. The summed E-state index contributed by atoms with van der Waals surface area (Å²) in [6.07, 6.45) is 2.77. The summed E-state index contributed by atoms with van der Waals surface area (Å²) in [7, 11) is -3.57. The second kappa shape index (κ2) is 9.76. The van der Waals surface area contributed by atoms with Crippen molar-refractivity contribution in [1.29, 1.82) is 0 Å². The number of hydrogen-bond donors (Lipinski definition) is 3. The van der Waals surface area contributed by atoms with Gasteiger partial charge in [0.1, 0.15) is 0 Å². The zero-order valence-corrected chi connectivity index (χ0v) is 19.6. The molecule has 0 aromatic heterocycles. The number of anilines is 1. The molecule has 9 heteroatoms. The predicted octanol–water partition coefficient (Wildman–Crippen LogP) is 3.50. The standard InChI is InChI=1S/C22H28N4O3S2/c1-15-7-6-9-20(17(15)3)23-22(30)25-24-21(27)18-10-12-19(13-11-18)31(28,29)26-14-5-4-8-16(26)2/h6-7,9-13,16H,4-5,8,14H2,1-3H3,(H,24,27)(H2,23,25,30). The first-order chi connectivity index (χ1) is 14.7. The van der Waals surface area contributed by atoms with Crippen LogP contribution < -0.4 is 16.2 Å². The van der Waals surface area contributed by atoms with E-state index in [0.717, 1.165) is 36.1 Å².